The zero-order valence-corrected chi connectivity index (χ0v) is 15.4. The first-order chi connectivity index (χ1) is 13.6. The molecule has 0 amide bonds. The molecule has 0 aliphatic carbocycles. The van der Waals surface area contributed by atoms with Gasteiger partial charge in [-0.25, -0.2) is 0 Å². The van der Waals surface area contributed by atoms with Crippen LogP contribution in [0.1, 0.15) is 15.9 Å². The lowest BCUT2D eigenvalue weighted by Crippen LogP contribution is -2.02. The summed E-state index contributed by atoms with van der Waals surface area (Å²) in [5.74, 6) is -0.364. The highest BCUT2D eigenvalue weighted by molar-refractivity contribution is 6.15. The summed E-state index contributed by atoms with van der Waals surface area (Å²) in [6, 6.07) is 15.6. The monoisotopic (exact) mass is 374 g/mol. The molecule has 0 fully saturated rings. The highest BCUT2D eigenvalue weighted by Crippen LogP contribution is 2.45. The Hall–Kier alpha value is -3.73. The Morgan fingerprint density at radius 3 is 2.50 bits per heavy atom. The van der Waals surface area contributed by atoms with Crippen LogP contribution in [0.2, 0.25) is 0 Å². The summed E-state index contributed by atoms with van der Waals surface area (Å²) in [4.78, 5) is 12.9. The molecule has 0 aliphatic rings. The SMILES string of the molecule is COc1c(C(=O)C=Cc2ccc3ccccc3c2)c(O)c(OC)c2occc12. The van der Waals surface area contributed by atoms with E-state index in [0.29, 0.717) is 11.0 Å². The normalized spacial score (nSPS) is 11.4. The second-order valence-corrected chi connectivity index (χ2v) is 6.26. The molecule has 0 spiro atoms. The van der Waals surface area contributed by atoms with Crippen LogP contribution in [0.4, 0.5) is 0 Å². The molecule has 0 atom stereocenters. The van der Waals surface area contributed by atoms with Gasteiger partial charge in [0, 0.05) is 0 Å². The topological polar surface area (TPSA) is 68.9 Å². The highest BCUT2D eigenvalue weighted by Gasteiger charge is 2.26. The van der Waals surface area contributed by atoms with Gasteiger partial charge in [-0.15, -0.1) is 0 Å². The molecule has 0 saturated carbocycles. The van der Waals surface area contributed by atoms with E-state index in [1.807, 2.05) is 42.5 Å². The third-order valence-corrected chi connectivity index (χ3v) is 4.65. The Balaban J connectivity index is 1.77. The third-order valence-electron chi connectivity index (χ3n) is 4.65. The van der Waals surface area contributed by atoms with E-state index in [-0.39, 0.29) is 22.8 Å². The molecule has 0 aliphatic heterocycles. The molecule has 5 heteroatoms. The lowest BCUT2D eigenvalue weighted by Gasteiger charge is -2.13. The van der Waals surface area contributed by atoms with E-state index >= 15 is 0 Å². The Labute approximate surface area is 161 Å². The zero-order valence-electron chi connectivity index (χ0n) is 15.4. The summed E-state index contributed by atoms with van der Waals surface area (Å²) in [5.41, 5.74) is 1.24. The number of ketones is 1. The van der Waals surface area contributed by atoms with Crippen LogP contribution >= 0.6 is 0 Å². The number of methoxy groups -OCH3 is 2. The maximum absolute atomic E-state index is 12.9. The van der Waals surface area contributed by atoms with E-state index in [1.54, 1.807) is 12.1 Å². The second-order valence-electron chi connectivity index (χ2n) is 6.26. The number of fused-ring (bicyclic) bond motifs is 2. The predicted molar refractivity (Wildman–Crippen MR) is 108 cm³/mol. The first-order valence-corrected chi connectivity index (χ1v) is 8.69. The molecule has 1 heterocycles. The maximum Gasteiger partial charge on any atom is 0.205 e. The molecule has 3 aromatic carbocycles. The number of carbonyl (C=O) groups excluding carboxylic acids is 1. The van der Waals surface area contributed by atoms with Crippen molar-refractivity contribution in [3.05, 3.63) is 72.0 Å². The number of aromatic hydroxyl groups is 1. The van der Waals surface area contributed by atoms with Crippen molar-refractivity contribution in [1.82, 2.24) is 0 Å². The van der Waals surface area contributed by atoms with Gasteiger partial charge in [-0.3, -0.25) is 4.79 Å². The van der Waals surface area contributed by atoms with Gasteiger partial charge in [-0.05, 0) is 34.5 Å². The van der Waals surface area contributed by atoms with Crippen molar-refractivity contribution in [1.29, 1.82) is 0 Å². The summed E-state index contributed by atoms with van der Waals surface area (Å²) >= 11 is 0. The molecule has 1 N–H and O–H groups in total. The number of hydrogen-bond acceptors (Lipinski definition) is 5. The number of ether oxygens (including phenoxy) is 2. The fraction of sp³-hybridized carbons (Fsp3) is 0.0870. The van der Waals surface area contributed by atoms with Gasteiger partial charge in [0.1, 0.15) is 11.3 Å². The van der Waals surface area contributed by atoms with Crippen molar-refractivity contribution < 1.29 is 23.8 Å². The minimum atomic E-state index is -0.399. The number of phenols is 1. The van der Waals surface area contributed by atoms with E-state index in [1.165, 1.54) is 26.6 Å². The van der Waals surface area contributed by atoms with Crippen molar-refractivity contribution in [2.24, 2.45) is 0 Å². The van der Waals surface area contributed by atoms with Crippen LogP contribution in [-0.2, 0) is 0 Å². The molecule has 4 aromatic rings. The molecule has 0 saturated heterocycles. The predicted octanol–water partition coefficient (Wildman–Crippen LogP) is 5.20. The summed E-state index contributed by atoms with van der Waals surface area (Å²) in [6.45, 7) is 0. The molecule has 4 rings (SSSR count). The fourth-order valence-corrected chi connectivity index (χ4v) is 3.32. The van der Waals surface area contributed by atoms with Crippen molar-refractivity contribution >= 4 is 33.6 Å². The van der Waals surface area contributed by atoms with Crippen molar-refractivity contribution in [3.8, 4) is 17.2 Å². The highest BCUT2D eigenvalue weighted by atomic mass is 16.5. The van der Waals surface area contributed by atoms with E-state index < -0.39 is 5.78 Å². The molecule has 28 heavy (non-hydrogen) atoms. The molecular weight excluding hydrogens is 356 g/mol. The standard InChI is InChI=1S/C23H18O5/c1-26-21-17-11-12-28-22(17)23(27-2)20(25)19(21)18(24)10-8-14-7-9-15-5-3-4-6-16(15)13-14/h3-13,25H,1-2H3. The Morgan fingerprint density at radius 1 is 1.00 bits per heavy atom. The van der Waals surface area contributed by atoms with Crippen LogP contribution in [0.15, 0.2) is 65.3 Å². The van der Waals surface area contributed by atoms with Crippen LogP contribution in [-0.4, -0.2) is 25.1 Å². The van der Waals surface area contributed by atoms with Gasteiger partial charge in [0.05, 0.1) is 25.9 Å². The number of benzene rings is 3. The average Bonchev–Trinajstić information content (AvgIpc) is 3.20. The van der Waals surface area contributed by atoms with E-state index in [2.05, 4.69) is 0 Å². The zero-order chi connectivity index (χ0) is 19.7. The van der Waals surface area contributed by atoms with Gasteiger partial charge in [0.25, 0.3) is 0 Å². The van der Waals surface area contributed by atoms with Crippen LogP contribution in [0, 0.1) is 0 Å². The molecule has 0 radical (unpaired) electrons. The van der Waals surface area contributed by atoms with Gasteiger partial charge < -0.3 is 19.0 Å². The number of rotatable bonds is 5. The Bertz CT molecular complexity index is 1220. The minimum absolute atomic E-state index is 0.0327. The van der Waals surface area contributed by atoms with Crippen LogP contribution in [0.25, 0.3) is 27.8 Å². The lowest BCUT2D eigenvalue weighted by molar-refractivity contribution is 0.104. The summed E-state index contributed by atoms with van der Waals surface area (Å²) < 4.78 is 16.0. The first kappa shape index (κ1) is 17.7. The lowest BCUT2D eigenvalue weighted by atomic mass is 10.0. The molecule has 5 nitrogen and oxygen atoms in total. The van der Waals surface area contributed by atoms with Gasteiger partial charge >= 0.3 is 0 Å². The number of hydrogen-bond donors (Lipinski definition) is 1. The Kier molecular flexibility index (Phi) is 4.49. The van der Waals surface area contributed by atoms with Crippen molar-refractivity contribution in [2.45, 2.75) is 0 Å². The van der Waals surface area contributed by atoms with E-state index in [9.17, 15) is 9.90 Å². The number of furan rings is 1. The largest absolute Gasteiger partial charge is 0.504 e. The number of phenolic OH excluding ortho intramolecular Hbond substituents is 1. The molecule has 1 aromatic heterocycles. The summed E-state index contributed by atoms with van der Waals surface area (Å²) in [7, 11) is 2.85. The van der Waals surface area contributed by atoms with Gasteiger partial charge in [0.15, 0.2) is 17.1 Å². The molecule has 140 valence electrons. The van der Waals surface area contributed by atoms with Crippen LogP contribution in [0.3, 0.4) is 0 Å². The minimum Gasteiger partial charge on any atom is -0.504 e. The third kappa shape index (κ3) is 2.87. The second kappa shape index (κ2) is 7.12. The van der Waals surface area contributed by atoms with Crippen molar-refractivity contribution in [3.63, 3.8) is 0 Å². The van der Waals surface area contributed by atoms with Crippen molar-refractivity contribution in [2.75, 3.05) is 14.2 Å². The van der Waals surface area contributed by atoms with E-state index in [0.717, 1.165) is 16.3 Å². The number of allylic oxidation sites excluding steroid dienone is 1. The molecule has 0 unspecified atom stereocenters. The smallest absolute Gasteiger partial charge is 0.205 e. The summed E-state index contributed by atoms with van der Waals surface area (Å²) in [5, 5.41) is 13.4. The number of carbonyl (C=O) groups is 1. The van der Waals surface area contributed by atoms with Gasteiger partial charge in [-0.1, -0.05) is 42.5 Å². The molecule has 0 bridgehead atoms. The quantitative estimate of drug-likeness (QED) is 0.384. The van der Waals surface area contributed by atoms with Gasteiger partial charge in [-0.2, -0.15) is 0 Å². The molecular formula is C23H18O5. The maximum atomic E-state index is 12.9. The summed E-state index contributed by atoms with van der Waals surface area (Å²) in [6.07, 6.45) is 4.57. The van der Waals surface area contributed by atoms with Gasteiger partial charge in [0.2, 0.25) is 5.75 Å². The average molecular weight is 374 g/mol. The fourth-order valence-electron chi connectivity index (χ4n) is 3.32. The van der Waals surface area contributed by atoms with E-state index in [4.69, 9.17) is 13.9 Å². The first-order valence-electron chi connectivity index (χ1n) is 8.69. The Morgan fingerprint density at radius 2 is 1.75 bits per heavy atom. The van der Waals surface area contributed by atoms with Crippen LogP contribution < -0.4 is 9.47 Å². The van der Waals surface area contributed by atoms with Crippen LogP contribution in [0.5, 0.6) is 17.2 Å².